The molecule has 8 nitrogen and oxygen atoms in total. The number of halogens is 1. The van der Waals surface area contributed by atoms with E-state index in [-0.39, 0.29) is 10.6 Å². The Bertz CT molecular complexity index is 1580. The van der Waals surface area contributed by atoms with Gasteiger partial charge in [0.15, 0.2) is 0 Å². The minimum Gasteiger partial charge on any atom is -0.495 e. The molecular weight excluding hydrogens is 524 g/mol. The number of carbonyl (C=O) groups is 1. The number of para-hydroxylation sites is 3. The third kappa shape index (κ3) is 5.58. The van der Waals surface area contributed by atoms with E-state index in [1.165, 1.54) is 25.5 Å². The summed E-state index contributed by atoms with van der Waals surface area (Å²) in [5.74, 6) is -0.304. The molecule has 1 aromatic heterocycles. The molecule has 1 N–H and O–H groups in total. The fraction of sp³-hybridized carbons (Fsp3) is 0.143. The van der Waals surface area contributed by atoms with Gasteiger partial charge in [-0.25, -0.2) is 13.8 Å². The van der Waals surface area contributed by atoms with Crippen LogP contribution in [0, 0.1) is 13.8 Å². The van der Waals surface area contributed by atoms with Gasteiger partial charge in [-0.2, -0.15) is 5.10 Å². The van der Waals surface area contributed by atoms with Gasteiger partial charge in [0, 0.05) is 17.0 Å². The normalized spacial score (nSPS) is 11.5. The van der Waals surface area contributed by atoms with Crippen molar-refractivity contribution < 1.29 is 17.9 Å². The van der Waals surface area contributed by atoms with Crippen LogP contribution in [0.4, 0.5) is 5.69 Å². The topological polar surface area (TPSA) is 93.0 Å². The third-order valence-corrected chi connectivity index (χ3v) is 8.02. The minimum atomic E-state index is -4.08. The molecule has 0 saturated heterocycles. The van der Waals surface area contributed by atoms with E-state index in [0.717, 1.165) is 26.9 Å². The second-order valence-electron chi connectivity index (χ2n) is 8.40. The number of anilines is 1. The number of nitrogens with one attached hydrogen (secondary N) is 1. The molecule has 0 aliphatic heterocycles. The minimum absolute atomic E-state index is 0.0502. The Hall–Kier alpha value is -4.08. The molecule has 4 rings (SSSR count). The first-order valence-electron chi connectivity index (χ1n) is 11.7. The van der Waals surface area contributed by atoms with E-state index in [2.05, 4.69) is 10.5 Å². The molecular formula is C28H27ClN4O4S. The second kappa shape index (κ2) is 11.5. The Morgan fingerprint density at radius 3 is 2.39 bits per heavy atom. The van der Waals surface area contributed by atoms with E-state index in [1.807, 2.05) is 48.7 Å². The number of aromatic nitrogens is 1. The van der Waals surface area contributed by atoms with Crippen molar-refractivity contribution in [3.63, 3.8) is 0 Å². The summed E-state index contributed by atoms with van der Waals surface area (Å²) in [6.45, 7) is 3.37. The summed E-state index contributed by atoms with van der Waals surface area (Å²) in [4.78, 5) is 13.0. The highest BCUT2D eigenvalue weighted by Gasteiger charge is 2.29. The van der Waals surface area contributed by atoms with Crippen molar-refractivity contribution in [2.75, 3.05) is 18.0 Å². The Labute approximate surface area is 227 Å². The Morgan fingerprint density at radius 1 is 1.03 bits per heavy atom. The van der Waals surface area contributed by atoms with Crippen LogP contribution >= 0.6 is 11.6 Å². The van der Waals surface area contributed by atoms with Crippen molar-refractivity contribution in [2.45, 2.75) is 18.7 Å². The molecule has 0 saturated carbocycles. The molecule has 1 amide bonds. The molecule has 0 atom stereocenters. The monoisotopic (exact) mass is 550 g/mol. The van der Waals surface area contributed by atoms with Gasteiger partial charge in [0.05, 0.1) is 34.6 Å². The average Bonchev–Trinajstić information content (AvgIpc) is 3.20. The highest BCUT2D eigenvalue weighted by molar-refractivity contribution is 7.92. The lowest BCUT2D eigenvalue weighted by atomic mass is 10.2. The molecule has 196 valence electrons. The number of amides is 1. The van der Waals surface area contributed by atoms with E-state index in [4.69, 9.17) is 16.3 Å². The Balaban J connectivity index is 1.58. The summed E-state index contributed by atoms with van der Waals surface area (Å²) in [6.07, 6.45) is 1.52. The van der Waals surface area contributed by atoms with Gasteiger partial charge < -0.3 is 9.30 Å². The first kappa shape index (κ1) is 27.0. The highest BCUT2D eigenvalue weighted by Crippen LogP contribution is 2.32. The summed E-state index contributed by atoms with van der Waals surface area (Å²) in [5, 5.41) is 4.71. The number of hydrogen-bond acceptors (Lipinski definition) is 5. The van der Waals surface area contributed by atoms with E-state index < -0.39 is 22.5 Å². The zero-order chi connectivity index (χ0) is 27.3. The van der Waals surface area contributed by atoms with Crippen molar-refractivity contribution >= 4 is 39.4 Å². The number of hydrogen-bond donors (Lipinski definition) is 1. The van der Waals surface area contributed by atoms with Gasteiger partial charge in [0.2, 0.25) is 0 Å². The van der Waals surface area contributed by atoms with Crippen molar-refractivity contribution in [1.29, 1.82) is 0 Å². The largest absolute Gasteiger partial charge is 0.495 e. The van der Waals surface area contributed by atoms with Gasteiger partial charge in [-0.1, -0.05) is 54.1 Å². The van der Waals surface area contributed by atoms with Crippen LogP contribution in [0.25, 0.3) is 5.69 Å². The quantitative estimate of drug-likeness (QED) is 0.232. The van der Waals surface area contributed by atoms with E-state index >= 15 is 0 Å². The summed E-state index contributed by atoms with van der Waals surface area (Å²) in [5.41, 5.74) is 6.13. The molecule has 1 heterocycles. The van der Waals surface area contributed by atoms with Crippen LogP contribution < -0.4 is 14.5 Å². The summed E-state index contributed by atoms with van der Waals surface area (Å²) in [7, 11) is -2.64. The van der Waals surface area contributed by atoms with Crippen LogP contribution in [0.5, 0.6) is 5.75 Å². The van der Waals surface area contributed by atoms with Crippen LogP contribution in [0.1, 0.15) is 17.0 Å². The van der Waals surface area contributed by atoms with Gasteiger partial charge in [-0.05, 0) is 56.3 Å². The summed E-state index contributed by atoms with van der Waals surface area (Å²) < 4.78 is 35.4. The summed E-state index contributed by atoms with van der Waals surface area (Å²) >= 11 is 6.39. The number of hydrazone groups is 1. The molecule has 0 unspecified atom stereocenters. The highest BCUT2D eigenvalue weighted by atomic mass is 35.5. The summed E-state index contributed by atoms with van der Waals surface area (Å²) in [6, 6.07) is 24.0. The van der Waals surface area contributed by atoms with Gasteiger partial charge in [0.25, 0.3) is 15.9 Å². The molecule has 0 aliphatic carbocycles. The van der Waals surface area contributed by atoms with Gasteiger partial charge in [-0.15, -0.1) is 0 Å². The standard InChI is InChI=1S/C28H27ClN4O4S/c1-20-17-22(21(2)33(20)25-14-8-7-13-24(25)29)18-30-31-28(34)19-32(26-15-9-10-16-27(26)37-3)38(35,36)23-11-5-4-6-12-23/h4-18H,19H2,1-3H3,(H,31,34)/b30-18+. The van der Waals surface area contributed by atoms with Crippen LogP contribution in [0.3, 0.4) is 0 Å². The Morgan fingerprint density at radius 2 is 1.68 bits per heavy atom. The van der Waals surface area contributed by atoms with Crippen LogP contribution in [0.2, 0.25) is 5.02 Å². The molecule has 0 radical (unpaired) electrons. The maximum atomic E-state index is 13.5. The molecule has 0 fully saturated rings. The lowest BCUT2D eigenvalue weighted by Gasteiger charge is -2.25. The molecule has 0 aliphatic rings. The number of carbonyl (C=O) groups excluding carboxylic acids is 1. The average molecular weight is 551 g/mol. The first-order chi connectivity index (χ1) is 18.2. The zero-order valence-electron chi connectivity index (χ0n) is 21.1. The number of benzene rings is 3. The zero-order valence-corrected chi connectivity index (χ0v) is 22.7. The lowest BCUT2D eigenvalue weighted by molar-refractivity contribution is -0.119. The lowest BCUT2D eigenvalue weighted by Crippen LogP contribution is -2.39. The number of ether oxygens (including phenoxy) is 1. The SMILES string of the molecule is COc1ccccc1N(CC(=O)N/N=C/c1cc(C)n(-c2ccccc2Cl)c1C)S(=O)(=O)c1ccccc1. The van der Waals surface area contributed by atoms with E-state index in [1.54, 1.807) is 42.5 Å². The number of sulfonamides is 1. The van der Waals surface area contributed by atoms with Crippen molar-refractivity contribution in [2.24, 2.45) is 5.10 Å². The van der Waals surface area contributed by atoms with E-state index in [9.17, 15) is 13.2 Å². The third-order valence-electron chi connectivity index (χ3n) is 5.93. The Kier molecular flexibility index (Phi) is 8.19. The molecule has 4 aromatic rings. The maximum absolute atomic E-state index is 13.5. The van der Waals surface area contributed by atoms with E-state index in [0.29, 0.717) is 10.8 Å². The number of nitrogens with zero attached hydrogens (tertiary/aromatic N) is 3. The molecule has 0 bridgehead atoms. The van der Waals surface area contributed by atoms with Crippen LogP contribution in [0.15, 0.2) is 94.9 Å². The molecule has 3 aromatic carbocycles. The van der Waals surface area contributed by atoms with Crippen molar-refractivity contribution in [1.82, 2.24) is 9.99 Å². The first-order valence-corrected chi connectivity index (χ1v) is 13.5. The fourth-order valence-electron chi connectivity index (χ4n) is 4.12. The number of methoxy groups -OCH3 is 1. The molecule has 10 heteroatoms. The smallest absolute Gasteiger partial charge is 0.264 e. The second-order valence-corrected chi connectivity index (χ2v) is 10.7. The molecule has 38 heavy (non-hydrogen) atoms. The van der Waals surface area contributed by atoms with Gasteiger partial charge >= 0.3 is 0 Å². The maximum Gasteiger partial charge on any atom is 0.264 e. The van der Waals surface area contributed by atoms with Gasteiger partial charge in [-0.3, -0.25) is 9.10 Å². The van der Waals surface area contributed by atoms with Crippen LogP contribution in [-0.2, 0) is 14.8 Å². The van der Waals surface area contributed by atoms with Crippen LogP contribution in [-0.4, -0.2) is 38.8 Å². The number of rotatable bonds is 9. The fourth-order valence-corrected chi connectivity index (χ4v) is 5.79. The van der Waals surface area contributed by atoms with Gasteiger partial charge in [0.1, 0.15) is 12.3 Å². The predicted molar refractivity (Wildman–Crippen MR) is 150 cm³/mol. The van der Waals surface area contributed by atoms with Crippen molar-refractivity contribution in [3.8, 4) is 11.4 Å². The van der Waals surface area contributed by atoms with Crippen molar-refractivity contribution in [3.05, 3.63) is 107 Å². The predicted octanol–water partition coefficient (Wildman–Crippen LogP) is 5.10. The number of aryl methyl sites for hydroxylation is 1. The molecule has 0 spiro atoms.